The molecule has 0 aromatic rings. The topological polar surface area (TPSA) is 54.0 Å². The van der Waals surface area contributed by atoms with Crippen molar-refractivity contribution in [3.05, 3.63) is 0 Å². The van der Waals surface area contributed by atoms with Gasteiger partial charge in [-0.1, -0.05) is 39.5 Å². The quantitative estimate of drug-likeness (QED) is 0.334. The predicted octanol–water partition coefficient (Wildman–Crippen LogP) is 3.64. The van der Waals surface area contributed by atoms with E-state index in [1.807, 2.05) is 0 Å². The third-order valence-electron chi connectivity index (χ3n) is 3.72. The molecule has 0 unspecified atom stereocenters. The Morgan fingerprint density at radius 3 is 1.62 bits per heavy atom. The lowest BCUT2D eigenvalue weighted by atomic mass is 9.93. The van der Waals surface area contributed by atoms with E-state index >= 15 is 0 Å². The molecule has 0 rings (SSSR count). The predicted molar refractivity (Wildman–Crippen MR) is 96.5 cm³/mol. The molecule has 0 saturated carbocycles. The second kappa shape index (κ2) is 18.8. The van der Waals surface area contributed by atoms with Gasteiger partial charge in [0.25, 0.3) is 0 Å². The van der Waals surface area contributed by atoms with Crippen LogP contribution in [0, 0.1) is 5.92 Å². The van der Waals surface area contributed by atoms with Gasteiger partial charge in [-0.05, 0) is 25.7 Å². The molecule has 0 atom stereocenters. The van der Waals surface area contributed by atoms with Crippen molar-refractivity contribution in [3.63, 3.8) is 0 Å². The van der Waals surface area contributed by atoms with Crippen LogP contribution >= 0.6 is 0 Å². The first-order valence-corrected chi connectivity index (χ1v) is 9.51. The van der Waals surface area contributed by atoms with Gasteiger partial charge in [-0.2, -0.15) is 0 Å². The van der Waals surface area contributed by atoms with Crippen LogP contribution in [0.15, 0.2) is 0 Å². The summed E-state index contributed by atoms with van der Waals surface area (Å²) in [6, 6.07) is 0. The van der Waals surface area contributed by atoms with E-state index in [0.717, 1.165) is 18.9 Å². The molecule has 24 heavy (non-hydrogen) atoms. The Balaban J connectivity index is 3.18. The zero-order valence-electron chi connectivity index (χ0n) is 16.0. The molecule has 0 fully saturated rings. The molecule has 0 aromatic carbocycles. The standard InChI is InChI=1S/C19H38O5/c1-4-7-19(8-5-2)9-6-10-21-11-12-22-13-14-23-15-16-24-17-18(3)20/h19H,4-17H2,1-3H3. The number of Topliss-reactive ketones (excluding diaryl/α,β-unsaturated/α-hetero) is 1. The highest BCUT2D eigenvalue weighted by Gasteiger charge is 2.05. The van der Waals surface area contributed by atoms with Crippen molar-refractivity contribution >= 4 is 5.78 Å². The highest BCUT2D eigenvalue weighted by Crippen LogP contribution is 2.19. The molecule has 5 heteroatoms. The Bertz CT molecular complexity index is 264. The van der Waals surface area contributed by atoms with Gasteiger partial charge in [-0.15, -0.1) is 0 Å². The van der Waals surface area contributed by atoms with E-state index in [1.165, 1.54) is 39.0 Å². The van der Waals surface area contributed by atoms with E-state index in [-0.39, 0.29) is 12.4 Å². The lowest BCUT2D eigenvalue weighted by Gasteiger charge is -2.14. The third-order valence-corrected chi connectivity index (χ3v) is 3.72. The van der Waals surface area contributed by atoms with E-state index in [2.05, 4.69) is 13.8 Å². The number of ketones is 1. The van der Waals surface area contributed by atoms with E-state index in [9.17, 15) is 4.79 Å². The summed E-state index contributed by atoms with van der Waals surface area (Å²) in [4.78, 5) is 10.6. The van der Waals surface area contributed by atoms with Crippen LogP contribution < -0.4 is 0 Å². The van der Waals surface area contributed by atoms with E-state index in [4.69, 9.17) is 18.9 Å². The normalized spacial score (nSPS) is 11.3. The zero-order chi connectivity index (χ0) is 17.9. The molecule has 0 amide bonds. The smallest absolute Gasteiger partial charge is 0.155 e. The van der Waals surface area contributed by atoms with Crippen molar-refractivity contribution in [2.75, 3.05) is 52.9 Å². The minimum atomic E-state index is 0.0320. The Morgan fingerprint density at radius 1 is 0.708 bits per heavy atom. The second-order valence-electron chi connectivity index (χ2n) is 6.18. The van der Waals surface area contributed by atoms with Gasteiger partial charge in [0.05, 0.1) is 39.6 Å². The largest absolute Gasteiger partial charge is 0.379 e. The Labute approximate surface area is 148 Å². The van der Waals surface area contributed by atoms with Gasteiger partial charge in [0.15, 0.2) is 5.78 Å². The fraction of sp³-hybridized carbons (Fsp3) is 0.947. The number of hydrogen-bond donors (Lipinski definition) is 0. The first-order valence-electron chi connectivity index (χ1n) is 9.51. The highest BCUT2D eigenvalue weighted by atomic mass is 16.6. The van der Waals surface area contributed by atoms with Crippen molar-refractivity contribution in [2.45, 2.75) is 59.3 Å². The SMILES string of the molecule is CCCC(CCC)CCCOCCOCCOCCOCC(C)=O. The van der Waals surface area contributed by atoms with E-state index in [0.29, 0.717) is 39.6 Å². The first-order chi connectivity index (χ1) is 11.7. The van der Waals surface area contributed by atoms with E-state index in [1.54, 1.807) is 0 Å². The Hall–Kier alpha value is -0.490. The zero-order valence-corrected chi connectivity index (χ0v) is 16.0. The maximum absolute atomic E-state index is 10.6. The molecule has 0 heterocycles. The maximum Gasteiger partial charge on any atom is 0.155 e. The molecule has 144 valence electrons. The summed E-state index contributed by atoms with van der Waals surface area (Å²) in [7, 11) is 0. The summed E-state index contributed by atoms with van der Waals surface area (Å²) in [6.45, 7) is 10.3. The minimum Gasteiger partial charge on any atom is -0.379 e. The summed E-state index contributed by atoms with van der Waals surface area (Å²) >= 11 is 0. The molecule has 0 bridgehead atoms. The molecular weight excluding hydrogens is 308 g/mol. The average Bonchev–Trinajstić information content (AvgIpc) is 2.55. The highest BCUT2D eigenvalue weighted by molar-refractivity contribution is 5.76. The van der Waals surface area contributed by atoms with Crippen molar-refractivity contribution in [2.24, 2.45) is 5.92 Å². The Kier molecular flexibility index (Phi) is 18.5. The summed E-state index contributed by atoms with van der Waals surface area (Å²) in [6.07, 6.45) is 7.68. The van der Waals surface area contributed by atoms with Crippen LogP contribution in [-0.4, -0.2) is 58.6 Å². The minimum absolute atomic E-state index is 0.0320. The lowest BCUT2D eigenvalue weighted by molar-refractivity contribution is -0.122. The summed E-state index contributed by atoms with van der Waals surface area (Å²) in [5.41, 5.74) is 0. The van der Waals surface area contributed by atoms with E-state index < -0.39 is 0 Å². The van der Waals surface area contributed by atoms with Crippen LogP contribution in [0.2, 0.25) is 0 Å². The monoisotopic (exact) mass is 346 g/mol. The van der Waals surface area contributed by atoms with Gasteiger partial charge < -0.3 is 18.9 Å². The van der Waals surface area contributed by atoms with Crippen LogP contribution in [0.1, 0.15) is 59.3 Å². The fourth-order valence-electron chi connectivity index (χ4n) is 2.60. The fourth-order valence-corrected chi connectivity index (χ4v) is 2.60. The molecule has 0 saturated heterocycles. The van der Waals surface area contributed by atoms with Crippen LogP contribution in [0.4, 0.5) is 0 Å². The van der Waals surface area contributed by atoms with Gasteiger partial charge in [0, 0.05) is 6.61 Å². The van der Waals surface area contributed by atoms with Crippen molar-refractivity contribution in [1.29, 1.82) is 0 Å². The van der Waals surface area contributed by atoms with Crippen molar-refractivity contribution < 1.29 is 23.7 Å². The van der Waals surface area contributed by atoms with Crippen molar-refractivity contribution in [3.8, 4) is 0 Å². The summed E-state index contributed by atoms with van der Waals surface area (Å²) in [5.74, 6) is 0.904. The molecule has 5 nitrogen and oxygen atoms in total. The van der Waals surface area contributed by atoms with Gasteiger partial charge in [-0.3, -0.25) is 4.79 Å². The van der Waals surface area contributed by atoms with Gasteiger partial charge >= 0.3 is 0 Å². The molecule has 0 aliphatic rings. The summed E-state index contributed by atoms with van der Waals surface area (Å²) < 4.78 is 21.5. The molecule has 0 aliphatic heterocycles. The third kappa shape index (κ3) is 17.9. The van der Waals surface area contributed by atoms with Crippen LogP contribution in [-0.2, 0) is 23.7 Å². The molecule has 0 aliphatic carbocycles. The molecule has 0 spiro atoms. The van der Waals surface area contributed by atoms with Crippen molar-refractivity contribution in [1.82, 2.24) is 0 Å². The molecule has 0 N–H and O–H groups in total. The van der Waals surface area contributed by atoms with Crippen LogP contribution in [0.3, 0.4) is 0 Å². The number of carbonyl (C=O) groups excluding carboxylic acids is 1. The van der Waals surface area contributed by atoms with Crippen LogP contribution in [0.25, 0.3) is 0 Å². The summed E-state index contributed by atoms with van der Waals surface area (Å²) in [5, 5.41) is 0. The van der Waals surface area contributed by atoms with Gasteiger partial charge in [0.2, 0.25) is 0 Å². The second-order valence-corrected chi connectivity index (χ2v) is 6.18. The maximum atomic E-state index is 10.6. The van der Waals surface area contributed by atoms with Gasteiger partial charge in [-0.25, -0.2) is 0 Å². The first kappa shape index (κ1) is 23.5. The number of ether oxygens (including phenoxy) is 4. The molecule has 0 aromatic heterocycles. The average molecular weight is 347 g/mol. The lowest BCUT2D eigenvalue weighted by Crippen LogP contribution is -2.13. The number of hydrogen-bond acceptors (Lipinski definition) is 5. The van der Waals surface area contributed by atoms with Crippen LogP contribution in [0.5, 0.6) is 0 Å². The number of carbonyl (C=O) groups is 1. The Morgan fingerprint density at radius 2 is 1.17 bits per heavy atom. The molecular formula is C19H38O5. The molecule has 0 radical (unpaired) electrons. The van der Waals surface area contributed by atoms with Gasteiger partial charge in [0.1, 0.15) is 6.61 Å². The number of rotatable bonds is 19.